The highest BCUT2D eigenvalue weighted by Gasteiger charge is 2.36. The molecular formula is C16H21BrClF. The Hall–Kier alpha value is -0.0800. The van der Waals surface area contributed by atoms with Crippen LogP contribution in [0, 0.1) is 17.2 Å². The summed E-state index contributed by atoms with van der Waals surface area (Å²) in [4.78, 5) is 0.289. The largest absolute Gasteiger partial charge is 0.207 e. The average molecular weight is 348 g/mol. The summed E-state index contributed by atoms with van der Waals surface area (Å²) in [5.74, 6) is 0.391. The van der Waals surface area contributed by atoms with Crippen LogP contribution in [0.15, 0.2) is 18.2 Å². The van der Waals surface area contributed by atoms with Crippen LogP contribution in [-0.4, -0.2) is 4.83 Å². The van der Waals surface area contributed by atoms with Crippen LogP contribution in [-0.2, 0) is 6.42 Å². The van der Waals surface area contributed by atoms with E-state index in [1.807, 2.05) is 0 Å². The van der Waals surface area contributed by atoms with Crippen molar-refractivity contribution in [3.05, 3.63) is 34.6 Å². The number of hydrogen-bond acceptors (Lipinski definition) is 0. The Morgan fingerprint density at radius 2 is 2.16 bits per heavy atom. The number of alkyl halides is 1. The van der Waals surface area contributed by atoms with Gasteiger partial charge in [-0.15, -0.1) is 0 Å². The van der Waals surface area contributed by atoms with Gasteiger partial charge in [-0.05, 0) is 42.7 Å². The van der Waals surface area contributed by atoms with Gasteiger partial charge in [0, 0.05) is 15.4 Å². The molecule has 19 heavy (non-hydrogen) atoms. The van der Waals surface area contributed by atoms with Crippen LogP contribution in [0.25, 0.3) is 0 Å². The molecule has 1 aromatic carbocycles. The lowest BCUT2D eigenvalue weighted by Gasteiger charge is -2.41. The Morgan fingerprint density at radius 1 is 1.42 bits per heavy atom. The van der Waals surface area contributed by atoms with Gasteiger partial charge in [0.25, 0.3) is 0 Å². The molecule has 0 spiro atoms. The van der Waals surface area contributed by atoms with Crippen LogP contribution in [0.4, 0.5) is 4.39 Å². The van der Waals surface area contributed by atoms with Crippen LogP contribution in [0.5, 0.6) is 0 Å². The molecule has 0 heterocycles. The van der Waals surface area contributed by atoms with Gasteiger partial charge < -0.3 is 0 Å². The molecule has 0 saturated heterocycles. The molecule has 106 valence electrons. The first-order valence-electron chi connectivity index (χ1n) is 6.99. The van der Waals surface area contributed by atoms with Crippen molar-refractivity contribution in [2.45, 2.75) is 50.8 Å². The third-order valence-electron chi connectivity index (χ3n) is 4.49. The second-order valence-corrected chi connectivity index (χ2v) is 7.84. The lowest BCUT2D eigenvalue weighted by molar-refractivity contribution is 0.136. The SMILES string of the molecule is CC1(C)CCCCC1C(Br)Cc1c(F)cccc1Cl. The number of halogens is 3. The minimum absolute atomic E-state index is 0.189. The first-order valence-corrected chi connectivity index (χ1v) is 8.28. The van der Waals surface area contributed by atoms with Crippen molar-refractivity contribution in [1.29, 1.82) is 0 Å². The van der Waals surface area contributed by atoms with Crippen molar-refractivity contribution in [2.24, 2.45) is 11.3 Å². The molecule has 1 aliphatic rings. The Balaban J connectivity index is 2.14. The molecule has 0 bridgehead atoms. The van der Waals surface area contributed by atoms with Crippen molar-refractivity contribution >= 4 is 27.5 Å². The van der Waals surface area contributed by atoms with E-state index in [9.17, 15) is 4.39 Å². The van der Waals surface area contributed by atoms with Gasteiger partial charge in [0.1, 0.15) is 5.82 Å². The molecule has 0 N–H and O–H groups in total. The lowest BCUT2D eigenvalue weighted by Crippen LogP contribution is -2.35. The number of hydrogen-bond donors (Lipinski definition) is 0. The zero-order valence-corrected chi connectivity index (χ0v) is 13.9. The van der Waals surface area contributed by atoms with Gasteiger partial charge >= 0.3 is 0 Å². The summed E-state index contributed by atoms with van der Waals surface area (Å²) in [7, 11) is 0. The molecule has 2 unspecified atom stereocenters. The monoisotopic (exact) mass is 346 g/mol. The third-order valence-corrected chi connectivity index (χ3v) is 5.80. The van der Waals surface area contributed by atoms with Crippen molar-refractivity contribution in [3.63, 3.8) is 0 Å². The van der Waals surface area contributed by atoms with Gasteiger partial charge in [-0.1, -0.05) is 60.3 Å². The average Bonchev–Trinajstić information content (AvgIpc) is 2.33. The fourth-order valence-corrected chi connectivity index (χ4v) is 4.80. The molecule has 2 rings (SSSR count). The fourth-order valence-electron chi connectivity index (χ4n) is 3.26. The fraction of sp³-hybridized carbons (Fsp3) is 0.625. The first kappa shape index (κ1) is 15.3. The van der Waals surface area contributed by atoms with E-state index in [0.29, 0.717) is 28.3 Å². The predicted octanol–water partition coefficient (Wildman–Crippen LogP) is 6.00. The van der Waals surface area contributed by atoms with Crippen molar-refractivity contribution in [2.75, 3.05) is 0 Å². The van der Waals surface area contributed by atoms with Gasteiger partial charge in [0.05, 0.1) is 0 Å². The Kier molecular flexibility index (Phi) is 4.94. The van der Waals surface area contributed by atoms with Crippen molar-refractivity contribution in [1.82, 2.24) is 0 Å². The number of benzene rings is 1. The molecule has 3 heteroatoms. The molecular weight excluding hydrogens is 327 g/mol. The van der Waals surface area contributed by atoms with Crippen molar-refractivity contribution in [3.8, 4) is 0 Å². The zero-order valence-electron chi connectivity index (χ0n) is 11.6. The third kappa shape index (κ3) is 3.52. The maximum atomic E-state index is 13.9. The minimum atomic E-state index is -0.189. The zero-order chi connectivity index (χ0) is 14.0. The van der Waals surface area contributed by atoms with Gasteiger partial charge in [-0.25, -0.2) is 4.39 Å². The molecule has 2 atom stereocenters. The molecule has 1 saturated carbocycles. The molecule has 1 aliphatic carbocycles. The van der Waals surface area contributed by atoms with Crippen LogP contribution in [0.3, 0.4) is 0 Å². The maximum Gasteiger partial charge on any atom is 0.127 e. The lowest BCUT2D eigenvalue weighted by atomic mass is 9.67. The number of rotatable bonds is 3. The molecule has 0 nitrogen and oxygen atoms in total. The van der Waals surface area contributed by atoms with E-state index in [1.54, 1.807) is 12.1 Å². The van der Waals surface area contributed by atoms with Crippen LogP contribution >= 0.6 is 27.5 Å². The summed E-state index contributed by atoms with van der Waals surface area (Å²) in [6, 6.07) is 4.92. The van der Waals surface area contributed by atoms with E-state index in [0.717, 1.165) is 0 Å². The Morgan fingerprint density at radius 3 is 2.79 bits per heavy atom. The Bertz CT molecular complexity index is 424. The highest BCUT2D eigenvalue weighted by atomic mass is 79.9. The van der Waals surface area contributed by atoms with Gasteiger partial charge in [0.15, 0.2) is 0 Å². The van der Waals surface area contributed by atoms with E-state index in [4.69, 9.17) is 11.6 Å². The van der Waals surface area contributed by atoms with Gasteiger partial charge in [-0.2, -0.15) is 0 Å². The van der Waals surface area contributed by atoms with Gasteiger partial charge in [-0.3, -0.25) is 0 Å². The molecule has 1 fully saturated rings. The van der Waals surface area contributed by atoms with Crippen LogP contribution < -0.4 is 0 Å². The van der Waals surface area contributed by atoms with E-state index >= 15 is 0 Å². The maximum absolute atomic E-state index is 13.9. The Labute approximate surface area is 128 Å². The van der Waals surface area contributed by atoms with E-state index < -0.39 is 0 Å². The smallest absolute Gasteiger partial charge is 0.127 e. The first-order chi connectivity index (χ1) is 8.92. The van der Waals surface area contributed by atoms with Gasteiger partial charge in [0.2, 0.25) is 0 Å². The summed E-state index contributed by atoms with van der Waals surface area (Å²) in [5.41, 5.74) is 0.969. The summed E-state index contributed by atoms with van der Waals surface area (Å²) in [6.07, 6.45) is 5.73. The highest BCUT2D eigenvalue weighted by molar-refractivity contribution is 9.09. The second kappa shape index (κ2) is 6.13. The standard InChI is InChI=1S/C16H21BrClF/c1-16(2)9-4-3-6-12(16)13(17)10-11-14(18)7-5-8-15(11)19/h5,7-8,12-13H,3-4,6,9-10H2,1-2H3. The van der Waals surface area contributed by atoms with Crippen molar-refractivity contribution < 1.29 is 4.39 Å². The summed E-state index contributed by atoms with van der Waals surface area (Å²) in [6.45, 7) is 4.65. The van der Waals surface area contributed by atoms with E-state index in [2.05, 4.69) is 29.8 Å². The molecule has 0 amide bonds. The minimum Gasteiger partial charge on any atom is -0.207 e. The topological polar surface area (TPSA) is 0 Å². The molecule has 0 aliphatic heterocycles. The highest BCUT2D eigenvalue weighted by Crippen LogP contribution is 2.45. The quantitative estimate of drug-likeness (QED) is 0.588. The summed E-state index contributed by atoms with van der Waals surface area (Å²) < 4.78 is 13.9. The molecule has 0 aromatic heterocycles. The summed E-state index contributed by atoms with van der Waals surface area (Å²) >= 11 is 9.92. The van der Waals surface area contributed by atoms with Crippen LogP contribution in [0.1, 0.15) is 45.1 Å². The normalized spacial score (nSPS) is 24.2. The molecule has 0 radical (unpaired) electrons. The van der Waals surface area contributed by atoms with E-state index in [-0.39, 0.29) is 10.6 Å². The molecule has 1 aromatic rings. The second-order valence-electron chi connectivity index (χ2n) is 6.26. The van der Waals surface area contributed by atoms with E-state index in [1.165, 1.54) is 31.7 Å². The van der Waals surface area contributed by atoms with Crippen LogP contribution in [0.2, 0.25) is 5.02 Å². The summed E-state index contributed by atoms with van der Waals surface area (Å²) in [5, 5.41) is 0.540. The predicted molar refractivity (Wildman–Crippen MR) is 83.6 cm³/mol.